The van der Waals surface area contributed by atoms with Crippen LogP contribution in [0.15, 0.2) is 54.9 Å². The molecule has 33 heavy (non-hydrogen) atoms. The van der Waals surface area contributed by atoms with Crippen LogP contribution < -0.4 is 20.7 Å². The molecule has 1 saturated heterocycles. The van der Waals surface area contributed by atoms with Gasteiger partial charge in [-0.3, -0.25) is 25.8 Å². The number of carbonyl (C=O) groups is 1. The number of hydrogen-bond donors (Lipinski definition) is 2. The summed E-state index contributed by atoms with van der Waals surface area (Å²) in [5.74, 6) is -0.310. The van der Waals surface area contributed by atoms with Crippen molar-refractivity contribution in [2.45, 2.75) is 6.92 Å². The third kappa shape index (κ3) is 5.12. The second-order valence-corrected chi connectivity index (χ2v) is 7.99. The Bertz CT molecular complexity index is 1160. The minimum Gasteiger partial charge on any atom is -0.368 e. The second kappa shape index (κ2) is 9.70. The van der Waals surface area contributed by atoms with Gasteiger partial charge in [-0.15, -0.1) is 0 Å². The number of halogens is 1. The average molecular weight is 468 g/mol. The normalized spacial score (nSPS) is 13.5. The van der Waals surface area contributed by atoms with Gasteiger partial charge in [-0.1, -0.05) is 35.4 Å². The molecule has 0 atom stereocenters. The van der Waals surface area contributed by atoms with E-state index in [0.29, 0.717) is 36.8 Å². The van der Waals surface area contributed by atoms with E-state index in [-0.39, 0.29) is 17.3 Å². The fourth-order valence-corrected chi connectivity index (χ4v) is 3.79. The van der Waals surface area contributed by atoms with Crippen LogP contribution in [0.2, 0.25) is 5.02 Å². The van der Waals surface area contributed by atoms with Gasteiger partial charge in [-0.2, -0.15) is 0 Å². The van der Waals surface area contributed by atoms with Gasteiger partial charge in [0, 0.05) is 42.5 Å². The number of hydrazine groups is 1. The predicted molar refractivity (Wildman–Crippen MR) is 127 cm³/mol. The first-order valence-electron chi connectivity index (χ1n) is 10.3. The van der Waals surface area contributed by atoms with Gasteiger partial charge < -0.3 is 9.80 Å². The number of piperazine rings is 1. The van der Waals surface area contributed by atoms with E-state index in [0.717, 1.165) is 11.3 Å². The molecule has 2 N–H and O–H groups in total. The van der Waals surface area contributed by atoms with Gasteiger partial charge in [-0.05, 0) is 37.3 Å². The van der Waals surface area contributed by atoms with Gasteiger partial charge in [0.25, 0.3) is 5.91 Å². The molecular formula is C22H22ClN7O3. The number of hydrogen-bond acceptors (Lipinski definition) is 8. The number of nitrogens with zero attached hydrogens (tertiary/aromatic N) is 5. The number of aromatic nitrogens is 2. The topological polar surface area (TPSA) is 117 Å². The van der Waals surface area contributed by atoms with E-state index in [1.54, 1.807) is 12.1 Å². The highest BCUT2D eigenvalue weighted by atomic mass is 35.5. The van der Waals surface area contributed by atoms with Crippen molar-refractivity contribution in [3.63, 3.8) is 0 Å². The van der Waals surface area contributed by atoms with Crippen LogP contribution in [0.25, 0.3) is 0 Å². The molecule has 3 aromatic rings. The highest BCUT2D eigenvalue weighted by Gasteiger charge is 2.29. The third-order valence-corrected chi connectivity index (χ3v) is 5.58. The van der Waals surface area contributed by atoms with Crippen LogP contribution in [0.1, 0.15) is 15.9 Å². The van der Waals surface area contributed by atoms with Gasteiger partial charge >= 0.3 is 5.69 Å². The standard InChI is InChI=1S/C22H22ClN7O3/c1-15-5-7-16(8-6-15)22(31)27-26-20-19(30(32)33)21(25-14-24-20)29-11-9-28(10-12-29)18-4-2-3-17(23)13-18/h2-8,13-14H,9-12H2,1H3,(H,27,31)(H,24,25,26). The van der Waals surface area contributed by atoms with E-state index in [1.165, 1.54) is 6.33 Å². The van der Waals surface area contributed by atoms with E-state index in [2.05, 4.69) is 25.7 Å². The highest BCUT2D eigenvalue weighted by molar-refractivity contribution is 6.30. The summed E-state index contributed by atoms with van der Waals surface area (Å²) in [4.78, 5) is 35.9. The van der Waals surface area contributed by atoms with Gasteiger partial charge in [0.2, 0.25) is 11.6 Å². The Balaban J connectivity index is 1.48. The third-order valence-electron chi connectivity index (χ3n) is 5.35. The number of benzene rings is 2. The molecule has 170 valence electrons. The summed E-state index contributed by atoms with van der Waals surface area (Å²) >= 11 is 6.09. The molecule has 0 unspecified atom stereocenters. The lowest BCUT2D eigenvalue weighted by atomic mass is 10.1. The average Bonchev–Trinajstić information content (AvgIpc) is 2.82. The molecule has 1 fully saturated rings. The summed E-state index contributed by atoms with van der Waals surface area (Å²) < 4.78 is 0. The lowest BCUT2D eigenvalue weighted by molar-refractivity contribution is -0.383. The van der Waals surface area contributed by atoms with Crippen LogP contribution in [-0.2, 0) is 0 Å². The molecule has 0 aliphatic carbocycles. The first kappa shape index (κ1) is 22.3. The first-order chi connectivity index (χ1) is 15.9. The Labute approximate surface area is 195 Å². The summed E-state index contributed by atoms with van der Waals surface area (Å²) in [7, 11) is 0. The van der Waals surface area contributed by atoms with Crippen LogP contribution in [0.3, 0.4) is 0 Å². The molecule has 1 aliphatic heterocycles. The fourth-order valence-electron chi connectivity index (χ4n) is 3.60. The van der Waals surface area contributed by atoms with Crippen molar-refractivity contribution in [3.05, 3.63) is 81.1 Å². The molecule has 1 aliphatic rings. The number of carbonyl (C=O) groups excluding carboxylic acids is 1. The summed E-state index contributed by atoms with van der Waals surface area (Å²) in [5.41, 5.74) is 7.20. The van der Waals surface area contributed by atoms with Crippen molar-refractivity contribution < 1.29 is 9.72 Å². The molecule has 1 amide bonds. The van der Waals surface area contributed by atoms with Crippen molar-refractivity contribution >= 4 is 40.5 Å². The Kier molecular flexibility index (Phi) is 6.55. The van der Waals surface area contributed by atoms with Gasteiger partial charge in [0.15, 0.2) is 0 Å². The van der Waals surface area contributed by atoms with Crippen molar-refractivity contribution in [3.8, 4) is 0 Å². The Morgan fingerprint density at radius 2 is 1.76 bits per heavy atom. The van der Waals surface area contributed by atoms with Gasteiger partial charge in [-0.25, -0.2) is 9.97 Å². The van der Waals surface area contributed by atoms with E-state index < -0.39 is 10.8 Å². The molecule has 0 radical (unpaired) electrons. The van der Waals surface area contributed by atoms with Crippen molar-refractivity contribution in [1.82, 2.24) is 15.4 Å². The summed E-state index contributed by atoms with van der Waals surface area (Å²) in [5, 5.41) is 12.5. The number of amides is 1. The van der Waals surface area contributed by atoms with E-state index >= 15 is 0 Å². The Morgan fingerprint density at radius 1 is 1.06 bits per heavy atom. The van der Waals surface area contributed by atoms with Crippen LogP contribution in [0.4, 0.5) is 23.0 Å². The maximum atomic E-state index is 12.4. The van der Waals surface area contributed by atoms with Crippen molar-refractivity contribution in [1.29, 1.82) is 0 Å². The summed E-state index contributed by atoms with van der Waals surface area (Å²) in [6, 6.07) is 14.5. The van der Waals surface area contributed by atoms with Crippen molar-refractivity contribution in [2.75, 3.05) is 41.4 Å². The van der Waals surface area contributed by atoms with Gasteiger partial charge in [0.1, 0.15) is 6.33 Å². The Morgan fingerprint density at radius 3 is 2.42 bits per heavy atom. The lowest BCUT2D eigenvalue weighted by Crippen LogP contribution is -2.47. The molecule has 2 aromatic carbocycles. The monoisotopic (exact) mass is 467 g/mol. The maximum absolute atomic E-state index is 12.4. The second-order valence-electron chi connectivity index (χ2n) is 7.55. The molecule has 1 aromatic heterocycles. The van der Waals surface area contributed by atoms with Crippen molar-refractivity contribution in [2.24, 2.45) is 0 Å². The maximum Gasteiger partial charge on any atom is 0.355 e. The zero-order valence-electron chi connectivity index (χ0n) is 17.9. The fraction of sp³-hybridized carbons (Fsp3) is 0.227. The zero-order valence-corrected chi connectivity index (χ0v) is 18.6. The molecule has 4 rings (SSSR count). The van der Waals surface area contributed by atoms with Crippen LogP contribution in [-0.4, -0.2) is 47.0 Å². The number of nitro groups is 1. The Hall–Kier alpha value is -3.92. The SMILES string of the molecule is Cc1ccc(C(=O)NNc2ncnc(N3CCN(c4cccc(Cl)c4)CC3)c2[N+](=O)[O-])cc1. The molecule has 0 spiro atoms. The number of nitrogens with one attached hydrogen (secondary N) is 2. The van der Waals surface area contributed by atoms with Crippen LogP contribution in [0.5, 0.6) is 0 Å². The van der Waals surface area contributed by atoms with E-state index in [4.69, 9.17) is 11.6 Å². The van der Waals surface area contributed by atoms with E-state index in [9.17, 15) is 14.9 Å². The molecule has 10 nitrogen and oxygen atoms in total. The minimum absolute atomic E-state index is 0.0808. The highest BCUT2D eigenvalue weighted by Crippen LogP contribution is 2.32. The summed E-state index contributed by atoms with van der Waals surface area (Å²) in [6.45, 7) is 4.27. The van der Waals surface area contributed by atoms with Crippen LogP contribution in [0, 0.1) is 17.0 Å². The summed E-state index contributed by atoms with van der Waals surface area (Å²) in [6.07, 6.45) is 1.24. The molecule has 11 heteroatoms. The predicted octanol–water partition coefficient (Wildman–Crippen LogP) is 3.43. The molecule has 2 heterocycles. The van der Waals surface area contributed by atoms with Crippen LogP contribution >= 0.6 is 11.6 Å². The number of aryl methyl sites for hydroxylation is 1. The lowest BCUT2D eigenvalue weighted by Gasteiger charge is -2.36. The number of anilines is 3. The zero-order chi connectivity index (χ0) is 23.4. The van der Waals surface area contributed by atoms with Gasteiger partial charge in [0.05, 0.1) is 4.92 Å². The first-order valence-corrected chi connectivity index (χ1v) is 10.7. The molecule has 0 saturated carbocycles. The molecule has 0 bridgehead atoms. The minimum atomic E-state index is -0.543. The number of rotatable bonds is 6. The largest absolute Gasteiger partial charge is 0.368 e. The van der Waals surface area contributed by atoms with E-state index in [1.807, 2.05) is 48.2 Å². The smallest absolute Gasteiger partial charge is 0.355 e. The quantitative estimate of drug-likeness (QED) is 0.418. The molecular weight excluding hydrogens is 446 g/mol.